The number of nitrogens with two attached hydrogens (primary N) is 1. The number of hydrogen-bond acceptors (Lipinski definition) is 3. The maximum absolute atomic E-state index is 11.6. The average Bonchev–Trinajstić information content (AvgIpc) is 2.13. The summed E-state index contributed by atoms with van der Waals surface area (Å²) in [7, 11) is 0. The summed E-state index contributed by atoms with van der Waals surface area (Å²) in [6, 6.07) is 0. The molecule has 15 heavy (non-hydrogen) atoms. The molecule has 0 aromatic rings. The van der Waals surface area contributed by atoms with E-state index >= 15 is 0 Å². The van der Waals surface area contributed by atoms with Crippen molar-refractivity contribution in [2.75, 3.05) is 13.2 Å². The molecule has 4 N–H and O–H groups in total. The zero-order valence-corrected chi connectivity index (χ0v) is 10.0. The predicted molar refractivity (Wildman–Crippen MR) is 61.4 cm³/mol. The van der Waals surface area contributed by atoms with E-state index in [9.17, 15) is 4.79 Å². The monoisotopic (exact) mass is 216 g/mol. The van der Waals surface area contributed by atoms with Crippen molar-refractivity contribution in [1.82, 2.24) is 5.32 Å². The van der Waals surface area contributed by atoms with Gasteiger partial charge in [-0.05, 0) is 32.7 Å². The Bertz CT molecular complexity index is 189. The molecule has 1 amide bonds. The maximum Gasteiger partial charge on any atom is 0.220 e. The highest BCUT2D eigenvalue weighted by Crippen LogP contribution is 2.10. The van der Waals surface area contributed by atoms with Crippen LogP contribution in [0.3, 0.4) is 0 Å². The minimum absolute atomic E-state index is 0.0192. The molecule has 0 aliphatic carbocycles. The number of rotatable bonds is 7. The first-order valence-corrected chi connectivity index (χ1v) is 5.57. The van der Waals surface area contributed by atoms with Crippen molar-refractivity contribution in [2.45, 2.75) is 45.6 Å². The summed E-state index contributed by atoms with van der Waals surface area (Å²) in [5.74, 6) is 0.278. The van der Waals surface area contributed by atoms with Gasteiger partial charge in [-0.1, -0.05) is 13.3 Å². The molecule has 0 saturated heterocycles. The summed E-state index contributed by atoms with van der Waals surface area (Å²) in [4.78, 5) is 11.6. The van der Waals surface area contributed by atoms with Gasteiger partial charge in [-0.15, -0.1) is 0 Å². The summed E-state index contributed by atoms with van der Waals surface area (Å²) in [6.07, 6.45) is 1.96. The Morgan fingerprint density at radius 1 is 1.53 bits per heavy atom. The number of nitrogens with one attached hydrogen (secondary N) is 1. The minimum Gasteiger partial charge on any atom is -0.396 e. The molecule has 0 bridgehead atoms. The van der Waals surface area contributed by atoms with E-state index in [1.165, 1.54) is 0 Å². The van der Waals surface area contributed by atoms with Crippen LogP contribution in [0.25, 0.3) is 0 Å². The van der Waals surface area contributed by atoms with Gasteiger partial charge in [0.1, 0.15) is 0 Å². The van der Waals surface area contributed by atoms with E-state index in [2.05, 4.69) is 5.32 Å². The molecule has 0 heterocycles. The standard InChI is InChI=1S/C11H24N2O2/c1-4-9(8-12)7-10(15)13-11(2,3)5-6-14/h9,14H,4-8,12H2,1-3H3,(H,13,15). The average molecular weight is 216 g/mol. The molecular weight excluding hydrogens is 192 g/mol. The number of carbonyl (C=O) groups is 1. The minimum atomic E-state index is -0.335. The van der Waals surface area contributed by atoms with Gasteiger partial charge in [0.2, 0.25) is 5.91 Å². The van der Waals surface area contributed by atoms with Gasteiger partial charge >= 0.3 is 0 Å². The van der Waals surface area contributed by atoms with E-state index in [1.54, 1.807) is 0 Å². The highest BCUT2D eigenvalue weighted by molar-refractivity contribution is 5.76. The van der Waals surface area contributed by atoms with Gasteiger partial charge in [-0.25, -0.2) is 0 Å². The van der Waals surface area contributed by atoms with E-state index in [1.807, 2.05) is 20.8 Å². The fourth-order valence-electron chi connectivity index (χ4n) is 1.43. The molecule has 0 aliphatic heterocycles. The lowest BCUT2D eigenvalue weighted by Gasteiger charge is -2.26. The van der Waals surface area contributed by atoms with Crippen LogP contribution in [0.5, 0.6) is 0 Å². The quantitative estimate of drug-likeness (QED) is 0.584. The fourth-order valence-corrected chi connectivity index (χ4v) is 1.43. The molecule has 0 fully saturated rings. The van der Waals surface area contributed by atoms with Crippen LogP contribution in [-0.2, 0) is 4.79 Å². The topological polar surface area (TPSA) is 75.4 Å². The lowest BCUT2D eigenvalue weighted by molar-refractivity contribution is -0.123. The van der Waals surface area contributed by atoms with Gasteiger partial charge in [-0.3, -0.25) is 4.79 Å². The largest absolute Gasteiger partial charge is 0.396 e. The molecule has 0 saturated carbocycles. The van der Waals surface area contributed by atoms with Crippen molar-refractivity contribution in [1.29, 1.82) is 0 Å². The SMILES string of the molecule is CCC(CN)CC(=O)NC(C)(C)CCO. The third-order valence-electron chi connectivity index (χ3n) is 2.60. The highest BCUT2D eigenvalue weighted by Gasteiger charge is 2.20. The van der Waals surface area contributed by atoms with Crippen molar-refractivity contribution in [3.05, 3.63) is 0 Å². The summed E-state index contributed by atoms with van der Waals surface area (Å²) in [6.45, 7) is 6.48. The number of carbonyl (C=O) groups excluding carboxylic acids is 1. The van der Waals surface area contributed by atoms with E-state index in [-0.39, 0.29) is 24.0 Å². The normalized spacial score (nSPS) is 13.7. The molecule has 4 nitrogen and oxygen atoms in total. The van der Waals surface area contributed by atoms with Crippen LogP contribution in [0.15, 0.2) is 0 Å². The molecule has 1 unspecified atom stereocenters. The second-order valence-corrected chi connectivity index (χ2v) is 4.62. The third-order valence-corrected chi connectivity index (χ3v) is 2.60. The zero-order valence-electron chi connectivity index (χ0n) is 10.0. The summed E-state index contributed by atoms with van der Waals surface area (Å²) < 4.78 is 0. The second-order valence-electron chi connectivity index (χ2n) is 4.62. The second kappa shape index (κ2) is 6.80. The smallest absolute Gasteiger partial charge is 0.220 e. The number of aliphatic hydroxyl groups excluding tert-OH is 1. The van der Waals surface area contributed by atoms with E-state index in [0.29, 0.717) is 19.4 Å². The first-order chi connectivity index (χ1) is 6.95. The van der Waals surface area contributed by atoms with Crippen molar-refractivity contribution in [3.8, 4) is 0 Å². The number of amides is 1. The Morgan fingerprint density at radius 3 is 2.53 bits per heavy atom. The molecule has 4 heteroatoms. The van der Waals surface area contributed by atoms with Gasteiger partial charge in [0.05, 0.1) is 0 Å². The predicted octanol–water partition coefficient (Wildman–Crippen LogP) is 0.639. The van der Waals surface area contributed by atoms with Gasteiger partial charge in [0.25, 0.3) is 0 Å². The maximum atomic E-state index is 11.6. The Balaban J connectivity index is 4.01. The van der Waals surface area contributed by atoms with Crippen molar-refractivity contribution < 1.29 is 9.90 Å². The summed E-state index contributed by atoms with van der Waals surface area (Å²) in [5, 5.41) is 11.7. The van der Waals surface area contributed by atoms with Crippen molar-refractivity contribution in [3.63, 3.8) is 0 Å². The molecule has 0 aromatic heterocycles. The molecule has 0 radical (unpaired) electrons. The lowest BCUT2D eigenvalue weighted by atomic mass is 9.98. The summed E-state index contributed by atoms with van der Waals surface area (Å²) in [5.41, 5.74) is 5.20. The Kier molecular flexibility index (Phi) is 6.52. The van der Waals surface area contributed by atoms with Crippen LogP contribution in [0.4, 0.5) is 0 Å². The fraction of sp³-hybridized carbons (Fsp3) is 0.909. The zero-order chi connectivity index (χ0) is 11.9. The van der Waals surface area contributed by atoms with Gasteiger partial charge in [0, 0.05) is 18.6 Å². The highest BCUT2D eigenvalue weighted by atomic mass is 16.3. The van der Waals surface area contributed by atoms with E-state index in [0.717, 1.165) is 6.42 Å². The van der Waals surface area contributed by atoms with Crippen LogP contribution >= 0.6 is 0 Å². The molecule has 0 aromatic carbocycles. The van der Waals surface area contributed by atoms with Crippen LogP contribution < -0.4 is 11.1 Å². The van der Waals surface area contributed by atoms with E-state index < -0.39 is 0 Å². The van der Waals surface area contributed by atoms with Crippen LogP contribution in [0, 0.1) is 5.92 Å². The molecule has 90 valence electrons. The lowest BCUT2D eigenvalue weighted by Crippen LogP contribution is -2.44. The van der Waals surface area contributed by atoms with Gasteiger partial charge in [-0.2, -0.15) is 0 Å². The van der Waals surface area contributed by atoms with Crippen LogP contribution in [0.1, 0.15) is 40.0 Å². The molecular formula is C11H24N2O2. The van der Waals surface area contributed by atoms with Gasteiger partial charge < -0.3 is 16.2 Å². The number of aliphatic hydroxyl groups is 1. The molecule has 0 aliphatic rings. The molecule has 0 spiro atoms. The van der Waals surface area contributed by atoms with Gasteiger partial charge in [0.15, 0.2) is 0 Å². The number of hydrogen-bond donors (Lipinski definition) is 3. The molecule has 0 rings (SSSR count). The van der Waals surface area contributed by atoms with Crippen LogP contribution in [0.2, 0.25) is 0 Å². The summed E-state index contributed by atoms with van der Waals surface area (Å²) >= 11 is 0. The Morgan fingerprint density at radius 2 is 2.13 bits per heavy atom. The Labute approximate surface area is 92.2 Å². The van der Waals surface area contributed by atoms with Crippen molar-refractivity contribution in [2.24, 2.45) is 11.7 Å². The van der Waals surface area contributed by atoms with E-state index in [4.69, 9.17) is 10.8 Å². The molecule has 1 atom stereocenters. The Hall–Kier alpha value is -0.610. The first-order valence-electron chi connectivity index (χ1n) is 5.57. The first kappa shape index (κ1) is 14.4. The van der Waals surface area contributed by atoms with Crippen molar-refractivity contribution >= 4 is 5.91 Å². The van der Waals surface area contributed by atoms with Crippen LogP contribution in [-0.4, -0.2) is 29.7 Å². The third kappa shape index (κ3) is 6.47.